The first kappa shape index (κ1) is 15.4. The second kappa shape index (κ2) is 7.04. The number of carbonyl (C=O) groups excluding carboxylic acids is 1. The number of nitrogens with two attached hydrogens (primary N) is 1. The predicted octanol–water partition coefficient (Wildman–Crippen LogP) is 1.76. The van der Waals surface area contributed by atoms with Crippen molar-refractivity contribution in [2.75, 3.05) is 18.6 Å². The number of rotatable bonds is 6. The van der Waals surface area contributed by atoms with Crippen LogP contribution in [0.4, 0.5) is 5.82 Å². The maximum absolute atomic E-state index is 11.5. The number of ether oxygens (including phenoxy) is 1. The van der Waals surface area contributed by atoms with Crippen LogP contribution >= 0.6 is 12.2 Å². The van der Waals surface area contributed by atoms with Gasteiger partial charge in [-0.2, -0.15) is 0 Å². The highest BCUT2D eigenvalue weighted by molar-refractivity contribution is 7.80. The Balaban J connectivity index is 2.96. The van der Waals surface area contributed by atoms with Gasteiger partial charge in [-0.25, -0.2) is 9.78 Å². The zero-order chi connectivity index (χ0) is 14.4. The standard InChI is InChI=1S/C13H19N3O2S/c1-9(2)16(7-5-11(14)19)12-8-10(4-6-15-12)13(17)18-3/h4,6,8-9H,5,7H2,1-3H3,(H2,14,19). The lowest BCUT2D eigenvalue weighted by Crippen LogP contribution is -2.34. The van der Waals surface area contributed by atoms with Crippen molar-refractivity contribution in [2.24, 2.45) is 5.73 Å². The average molecular weight is 281 g/mol. The van der Waals surface area contributed by atoms with Gasteiger partial charge in [0.2, 0.25) is 0 Å². The van der Waals surface area contributed by atoms with E-state index in [2.05, 4.69) is 4.98 Å². The topological polar surface area (TPSA) is 68.5 Å². The largest absolute Gasteiger partial charge is 0.465 e. The van der Waals surface area contributed by atoms with Crippen LogP contribution in [0.15, 0.2) is 18.3 Å². The number of pyridine rings is 1. The van der Waals surface area contributed by atoms with Crippen LogP contribution in [-0.4, -0.2) is 35.6 Å². The van der Waals surface area contributed by atoms with Crippen molar-refractivity contribution in [1.82, 2.24) is 4.98 Å². The van der Waals surface area contributed by atoms with Crippen LogP contribution in [0.2, 0.25) is 0 Å². The number of aromatic nitrogens is 1. The molecule has 104 valence electrons. The van der Waals surface area contributed by atoms with E-state index in [4.69, 9.17) is 22.7 Å². The Morgan fingerprint density at radius 1 is 1.58 bits per heavy atom. The molecular weight excluding hydrogens is 262 g/mol. The van der Waals surface area contributed by atoms with Crippen LogP contribution in [0.1, 0.15) is 30.6 Å². The van der Waals surface area contributed by atoms with E-state index in [1.807, 2.05) is 18.7 Å². The first-order valence-electron chi connectivity index (χ1n) is 6.05. The highest BCUT2D eigenvalue weighted by Gasteiger charge is 2.14. The lowest BCUT2D eigenvalue weighted by atomic mass is 10.2. The number of esters is 1. The summed E-state index contributed by atoms with van der Waals surface area (Å²) in [5.74, 6) is 0.343. The van der Waals surface area contributed by atoms with Gasteiger partial charge in [0, 0.05) is 25.2 Å². The molecule has 19 heavy (non-hydrogen) atoms. The molecule has 0 radical (unpaired) electrons. The van der Waals surface area contributed by atoms with Crippen LogP contribution in [0.25, 0.3) is 0 Å². The lowest BCUT2D eigenvalue weighted by Gasteiger charge is -2.27. The van der Waals surface area contributed by atoms with Gasteiger partial charge < -0.3 is 15.4 Å². The molecule has 0 unspecified atom stereocenters. The maximum atomic E-state index is 11.5. The molecule has 2 N–H and O–H groups in total. The van der Waals surface area contributed by atoms with E-state index in [1.54, 1.807) is 18.3 Å². The average Bonchev–Trinajstić information content (AvgIpc) is 2.37. The van der Waals surface area contributed by atoms with Gasteiger partial charge in [0.05, 0.1) is 17.7 Å². The molecule has 1 rings (SSSR count). The van der Waals surface area contributed by atoms with Crippen LogP contribution in [0.5, 0.6) is 0 Å². The van der Waals surface area contributed by atoms with E-state index >= 15 is 0 Å². The summed E-state index contributed by atoms with van der Waals surface area (Å²) in [7, 11) is 1.36. The van der Waals surface area contributed by atoms with Crippen LogP contribution in [0, 0.1) is 0 Å². The van der Waals surface area contributed by atoms with Crippen molar-refractivity contribution in [3.05, 3.63) is 23.9 Å². The molecular formula is C13H19N3O2S. The van der Waals surface area contributed by atoms with Crippen molar-refractivity contribution >= 4 is 29.0 Å². The van der Waals surface area contributed by atoms with Gasteiger partial charge in [-0.15, -0.1) is 0 Å². The van der Waals surface area contributed by atoms with Gasteiger partial charge in [-0.05, 0) is 26.0 Å². The first-order valence-corrected chi connectivity index (χ1v) is 6.45. The third-order valence-corrected chi connectivity index (χ3v) is 2.89. The molecule has 0 aromatic carbocycles. The molecule has 0 bridgehead atoms. The SMILES string of the molecule is COC(=O)c1ccnc(N(CCC(N)=S)C(C)C)c1. The quantitative estimate of drug-likeness (QED) is 0.633. The van der Waals surface area contributed by atoms with Crippen LogP contribution in [-0.2, 0) is 4.74 Å². The van der Waals surface area contributed by atoms with Crippen LogP contribution < -0.4 is 10.6 Å². The zero-order valence-electron chi connectivity index (χ0n) is 11.4. The van der Waals surface area contributed by atoms with E-state index in [-0.39, 0.29) is 12.0 Å². The minimum absolute atomic E-state index is 0.231. The number of anilines is 1. The molecule has 0 aliphatic rings. The minimum atomic E-state index is -0.373. The zero-order valence-corrected chi connectivity index (χ0v) is 12.2. The third kappa shape index (κ3) is 4.48. The molecule has 0 saturated heterocycles. The van der Waals surface area contributed by atoms with E-state index in [0.717, 1.165) is 0 Å². The smallest absolute Gasteiger partial charge is 0.338 e. The van der Waals surface area contributed by atoms with E-state index in [1.165, 1.54) is 7.11 Å². The van der Waals surface area contributed by atoms with Crippen molar-refractivity contribution in [3.8, 4) is 0 Å². The number of methoxy groups -OCH3 is 1. The molecule has 1 aromatic rings. The number of hydrogen-bond donors (Lipinski definition) is 1. The molecule has 0 aliphatic carbocycles. The summed E-state index contributed by atoms with van der Waals surface area (Å²) < 4.78 is 4.70. The fourth-order valence-corrected chi connectivity index (χ4v) is 1.78. The van der Waals surface area contributed by atoms with Gasteiger partial charge in [-0.1, -0.05) is 12.2 Å². The Kier molecular flexibility index (Phi) is 5.69. The summed E-state index contributed by atoms with van der Waals surface area (Å²) in [5, 5.41) is 0. The Morgan fingerprint density at radius 3 is 2.79 bits per heavy atom. The summed E-state index contributed by atoms with van der Waals surface area (Å²) in [6, 6.07) is 3.57. The lowest BCUT2D eigenvalue weighted by molar-refractivity contribution is 0.0600. The Morgan fingerprint density at radius 2 is 2.26 bits per heavy atom. The number of thiocarbonyl (C=S) groups is 1. The maximum Gasteiger partial charge on any atom is 0.338 e. The van der Waals surface area contributed by atoms with E-state index in [9.17, 15) is 4.79 Å². The highest BCUT2D eigenvalue weighted by Crippen LogP contribution is 2.16. The second-order valence-electron chi connectivity index (χ2n) is 4.40. The molecule has 0 amide bonds. The number of nitrogens with zero attached hydrogens (tertiary/aromatic N) is 2. The summed E-state index contributed by atoms with van der Waals surface area (Å²) in [6.45, 7) is 4.77. The van der Waals surface area contributed by atoms with E-state index in [0.29, 0.717) is 29.3 Å². The summed E-state index contributed by atoms with van der Waals surface area (Å²) in [5.41, 5.74) is 6.01. The van der Waals surface area contributed by atoms with Crippen molar-refractivity contribution in [3.63, 3.8) is 0 Å². The number of hydrogen-bond acceptors (Lipinski definition) is 5. The van der Waals surface area contributed by atoms with Crippen molar-refractivity contribution < 1.29 is 9.53 Å². The molecule has 1 heterocycles. The second-order valence-corrected chi connectivity index (χ2v) is 4.92. The molecule has 0 fully saturated rings. The molecule has 0 spiro atoms. The Hall–Kier alpha value is -1.69. The number of carbonyl (C=O) groups is 1. The predicted molar refractivity (Wildman–Crippen MR) is 79.5 cm³/mol. The molecule has 0 aliphatic heterocycles. The first-order chi connectivity index (χ1) is 8.95. The summed E-state index contributed by atoms with van der Waals surface area (Å²) >= 11 is 4.89. The van der Waals surface area contributed by atoms with Crippen molar-refractivity contribution in [2.45, 2.75) is 26.3 Å². The molecule has 5 nitrogen and oxygen atoms in total. The fourth-order valence-electron chi connectivity index (χ4n) is 1.69. The monoisotopic (exact) mass is 281 g/mol. The molecule has 6 heteroatoms. The van der Waals surface area contributed by atoms with Gasteiger partial charge in [0.15, 0.2) is 0 Å². The normalized spacial score (nSPS) is 10.3. The van der Waals surface area contributed by atoms with Gasteiger partial charge in [0.1, 0.15) is 5.82 Å². The van der Waals surface area contributed by atoms with E-state index < -0.39 is 0 Å². The Labute approximate surface area is 118 Å². The Bertz CT molecular complexity index is 463. The summed E-state index contributed by atoms with van der Waals surface area (Å²) in [4.78, 5) is 18.3. The molecule has 1 aromatic heterocycles. The van der Waals surface area contributed by atoms with Crippen molar-refractivity contribution in [1.29, 1.82) is 0 Å². The summed E-state index contributed by atoms with van der Waals surface area (Å²) in [6.07, 6.45) is 2.20. The molecule has 0 saturated carbocycles. The fraction of sp³-hybridized carbons (Fsp3) is 0.462. The highest BCUT2D eigenvalue weighted by atomic mass is 32.1. The third-order valence-electron chi connectivity index (χ3n) is 2.68. The van der Waals surface area contributed by atoms with Gasteiger partial charge >= 0.3 is 5.97 Å². The minimum Gasteiger partial charge on any atom is -0.465 e. The van der Waals surface area contributed by atoms with Gasteiger partial charge in [0.25, 0.3) is 0 Å². The van der Waals surface area contributed by atoms with Gasteiger partial charge in [-0.3, -0.25) is 0 Å². The molecule has 0 atom stereocenters. The van der Waals surface area contributed by atoms with Crippen LogP contribution in [0.3, 0.4) is 0 Å².